The zero-order chi connectivity index (χ0) is 14.3. The molecule has 1 unspecified atom stereocenters. The lowest BCUT2D eigenvalue weighted by Gasteiger charge is -2.14. The van der Waals surface area contributed by atoms with Gasteiger partial charge in [0, 0.05) is 13.1 Å². The molecule has 1 aromatic rings. The Morgan fingerprint density at radius 2 is 2.05 bits per heavy atom. The van der Waals surface area contributed by atoms with Gasteiger partial charge in [-0.1, -0.05) is 13.3 Å². The molecule has 0 aliphatic carbocycles. The zero-order valence-electron chi connectivity index (χ0n) is 11.7. The fourth-order valence-electron chi connectivity index (χ4n) is 1.89. The highest BCUT2D eigenvalue weighted by Gasteiger charge is 2.10. The van der Waals surface area contributed by atoms with E-state index in [1.165, 1.54) is 0 Å². The molecule has 0 saturated carbocycles. The van der Waals surface area contributed by atoms with Crippen LogP contribution in [0.3, 0.4) is 0 Å². The van der Waals surface area contributed by atoms with Crippen LogP contribution in [0, 0.1) is 0 Å². The average Bonchev–Trinajstić information content (AvgIpc) is 2.38. The fraction of sp³-hybridized carbons (Fsp3) is 0.571. The first-order chi connectivity index (χ1) is 9.12. The van der Waals surface area contributed by atoms with Crippen LogP contribution in [0.25, 0.3) is 0 Å². The van der Waals surface area contributed by atoms with E-state index in [0.29, 0.717) is 24.6 Å². The van der Waals surface area contributed by atoms with Gasteiger partial charge in [-0.2, -0.15) is 0 Å². The highest BCUT2D eigenvalue weighted by molar-refractivity contribution is 9.10. The first-order valence-corrected chi connectivity index (χ1v) is 7.20. The molecule has 0 saturated heterocycles. The molecule has 1 aromatic carbocycles. The van der Waals surface area contributed by atoms with Gasteiger partial charge in [0.05, 0.1) is 24.8 Å². The molecule has 0 bridgehead atoms. The fourth-order valence-corrected chi connectivity index (χ4v) is 2.54. The molecule has 108 valence electrons. The van der Waals surface area contributed by atoms with Gasteiger partial charge in [-0.3, -0.25) is 0 Å². The maximum atomic E-state index is 9.65. The van der Waals surface area contributed by atoms with Crippen molar-refractivity contribution in [3.05, 3.63) is 22.2 Å². The Kier molecular flexibility index (Phi) is 7.20. The summed E-state index contributed by atoms with van der Waals surface area (Å²) in [6.45, 7) is 3.34. The molecule has 0 fully saturated rings. The van der Waals surface area contributed by atoms with Crippen LogP contribution in [-0.2, 0) is 6.54 Å². The van der Waals surface area contributed by atoms with Crippen molar-refractivity contribution in [1.82, 2.24) is 5.32 Å². The zero-order valence-corrected chi connectivity index (χ0v) is 13.3. The number of aliphatic hydroxyl groups is 1. The summed E-state index contributed by atoms with van der Waals surface area (Å²) in [5.74, 6) is 1.39. The van der Waals surface area contributed by atoms with Gasteiger partial charge < -0.3 is 19.9 Å². The third-order valence-corrected chi connectivity index (χ3v) is 3.41. The van der Waals surface area contributed by atoms with Crippen molar-refractivity contribution >= 4 is 15.9 Å². The van der Waals surface area contributed by atoms with Crippen LogP contribution in [0.15, 0.2) is 16.6 Å². The number of benzene rings is 1. The number of ether oxygens (including phenoxy) is 2. The lowest BCUT2D eigenvalue weighted by Crippen LogP contribution is -2.26. The predicted octanol–water partition coefficient (Wildman–Crippen LogP) is 2.72. The quantitative estimate of drug-likeness (QED) is 0.769. The molecular weight excluding hydrogens is 310 g/mol. The van der Waals surface area contributed by atoms with E-state index >= 15 is 0 Å². The second-order valence-corrected chi connectivity index (χ2v) is 5.24. The smallest absolute Gasteiger partial charge is 0.174 e. The molecular formula is C14H22BrNO3. The van der Waals surface area contributed by atoms with E-state index in [4.69, 9.17) is 9.47 Å². The maximum Gasteiger partial charge on any atom is 0.174 e. The van der Waals surface area contributed by atoms with Crippen LogP contribution in [0.5, 0.6) is 11.5 Å². The molecule has 0 amide bonds. The third-order valence-electron chi connectivity index (χ3n) is 2.82. The molecule has 0 aromatic heterocycles. The highest BCUT2D eigenvalue weighted by atomic mass is 79.9. The number of methoxy groups -OCH3 is 2. The Labute approximate surface area is 123 Å². The summed E-state index contributed by atoms with van der Waals surface area (Å²) in [7, 11) is 3.23. The Hall–Kier alpha value is -0.780. The largest absolute Gasteiger partial charge is 0.493 e. The van der Waals surface area contributed by atoms with Crippen molar-refractivity contribution in [2.75, 3.05) is 20.8 Å². The van der Waals surface area contributed by atoms with Crippen molar-refractivity contribution in [3.8, 4) is 11.5 Å². The number of halogens is 1. The Balaban J connectivity index is 2.62. The summed E-state index contributed by atoms with van der Waals surface area (Å²) >= 11 is 3.46. The number of nitrogens with one attached hydrogen (secondary N) is 1. The van der Waals surface area contributed by atoms with E-state index < -0.39 is 0 Å². The van der Waals surface area contributed by atoms with Gasteiger partial charge in [0.2, 0.25) is 0 Å². The monoisotopic (exact) mass is 331 g/mol. The Bertz CT molecular complexity index is 399. The number of aliphatic hydroxyl groups excluding tert-OH is 1. The highest BCUT2D eigenvalue weighted by Crippen LogP contribution is 2.36. The molecule has 0 heterocycles. The van der Waals surface area contributed by atoms with Gasteiger partial charge in [0.15, 0.2) is 11.5 Å². The van der Waals surface area contributed by atoms with Crippen LogP contribution < -0.4 is 14.8 Å². The molecule has 1 rings (SSSR count). The van der Waals surface area contributed by atoms with Crippen LogP contribution in [-0.4, -0.2) is 32.0 Å². The van der Waals surface area contributed by atoms with Crippen molar-refractivity contribution < 1.29 is 14.6 Å². The van der Waals surface area contributed by atoms with E-state index in [9.17, 15) is 5.11 Å². The van der Waals surface area contributed by atoms with Crippen LogP contribution in [0.1, 0.15) is 25.3 Å². The Morgan fingerprint density at radius 3 is 2.63 bits per heavy atom. The molecule has 19 heavy (non-hydrogen) atoms. The van der Waals surface area contributed by atoms with Crippen LogP contribution in [0.2, 0.25) is 0 Å². The van der Waals surface area contributed by atoms with Crippen molar-refractivity contribution in [2.45, 2.75) is 32.4 Å². The van der Waals surface area contributed by atoms with Crippen LogP contribution >= 0.6 is 15.9 Å². The average molecular weight is 332 g/mol. The summed E-state index contributed by atoms with van der Waals surface area (Å²) < 4.78 is 11.4. The van der Waals surface area contributed by atoms with E-state index in [1.54, 1.807) is 14.2 Å². The number of hydrogen-bond acceptors (Lipinski definition) is 4. The lowest BCUT2D eigenvalue weighted by atomic mass is 10.2. The first kappa shape index (κ1) is 16.3. The van der Waals surface area contributed by atoms with E-state index in [0.717, 1.165) is 22.9 Å². The molecule has 0 aliphatic heterocycles. The summed E-state index contributed by atoms with van der Waals surface area (Å²) in [6.07, 6.45) is 1.53. The number of hydrogen-bond donors (Lipinski definition) is 2. The standard InChI is InChI=1S/C14H22BrNO3/c1-4-5-11(17)9-16-8-10-6-12(15)14(19-3)13(7-10)18-2/h6-7,11,16-17H,4-5,8-9H2,1-3H3. The second-order valence-electron chi connectivity index (χ2n) is 4.39. The molecule has 0 radical (unpaired) electrons. The predicted molar refractivity (Wildman–Crippen MR) is 79.9 cm³/mol. The summed E-state index contributed by atoms with van der Waals surface area (Å²) in [4.78, 5) is 0. The van der Waals surface area contributed by atoms with Gasteiger partial charge in [-0.05, 0) is 40.0 Å². The van der Waals surface area contributed by atoms with Crippen molar-refractivity contribution in [3.63, 3.8) is 0 Å². The minimum Gasteiger partial charge on any atom is -0.493 e. The molecule has 1 atom stereocenters. The second kappa shape index (κ2) is 8.40. The molecule has 2 N–H and O–H groups in total. The van der Waals surface area contributed by atoms with Gasteiger partial charge in [0.25, 0.3) is 0 Å². The van der Waals surface area contributed by atoms with E-state index in [1.807, 2.05) is 12.1 Å². The summed E-state index contributed by atoms with van der Waals surface area (Å²) in [5.41, 5.74) is 1.08. The molecule has 0 spiro atoms. The van der Waals surface area contributed by atoms with E-state index in [2.05, 4.69) is 28.2 Å². The van der Waals surface area contributed by atoms with Crippen molar-refractivity contribution in [1.29, 1.82) is 0 Å². The van der Waals surface area contributed by atoms with Gasteiger partial charge in [0.1, 0.15) is 0 Å². The minimum absolute atomic E-state index is 0.284. The van der Waals surface area contributed by atoms with Gasteiger partial charge in [-0.15, -0.1) is 0 Å². The topological polar surface area (TPSA) is 50.7 Å². The molecule has 5 heteroatoms. The van der Waals surface area contributed by atoms with Crippen LogP contribution in [0.4, 0.5) is 0 Å². The lowest BCUT2D eigenvalue weighted by molar-refractivity contribution is 0.160. The summed E-state index contributed by atoms with van der Waals surface area (Å²) in [5, 5.41) is 12.9. The molecule has 4 nitrogen and oxygen atoms in total. The maximum absolute atomic E-state index is 9.65. The third kappa shape index (κ3) is 5.01. The number of rotatable bonds is 8. The normalized spacial score (nSPS) is 12.3. The SMILES string of the molecule is CCCC(O)CNCc1cc(Br)c(OC)c(OC)c1. The molecule has 0 aliphatic rings. The van der Waals surface area contributed by atoms with Crippen molar-refractivity contribution in [2.24, 2.45) is 0 Å². The van der Waals surface area contributed by atoms with Gasteiger partial charge >= 0.3 is 0 Å². The van der Waals surface area contributed by atoms with E-state index in [-0.39, 0.29) is 6.10 Å². The Morgan fingerprint density at radius 1 is 1.32 bits per heavy atom. The van der Waals surface area contributed by atoms with Gasteiger partial charge in [-0.25, -0.2) is 0 Å². The minimum atomic E-state index is -0.284. The first-order valence-electron chi connectivity index (χ1n) is 6.41. The summed E-state index contributed by atoms with van der Waals surface area (Å²) in [6, 6.07) is 3.92.